The summed E-state index contributed by atoms with van der Waals surface area (Å²) in [5, 5.41) is 13.3. The van der Waals surface area contributed by atoms with E-state index in [1.165, 1.54) is 16.8 Å². The summed E-state index contributed by atoms with van der Waals surface area (Å²) in [5.74, 6) is 0.197. The molecule has 6 heteroatoms. The molecule has 3 rings (SSSR count). The zero-order chi connectivity index (χ0) is 14.8. The molecular formula is C15H16FN3O2. The highest BCUT2D eigenvalue weighted by Gasteiger charge is 2.25. The molecule has 0 amide bonds. The second kappa shape index (κ2) is 5.63. The molecule has 0 atom stereocenters. The van der Waals surface area contributed by atoms with E-state index in [1.807, 2.05) is 0 Å². The van der Waals surface area contributed by atoms with Crippen molar-refractivity contribution in [3.8, 4) is 11.4 Å². The normalized spacial score (nSPS) is 15.5. The van der Waals surface area contributed by atoms with Crippen molar-refractivity contribution in [3.63, 3.8) is 0 Å². The SMILES string of the molecule is O=C(O)Cn1nc(-c2ccc(F)cc2)nc1C1CCCC1. The van der Waals surface area contributed by atoms with Gasteiger partial charge in [-0.3, -0.25) is 4.79 Å². The van der Waals surface area contributed by atoms with Crippen molar-refractivity contribution in [1.82, 2.24) is 14.8 Å². The number of hydrogen-bond acceptors (Lipinski definition) is 3. The monoisotopic (exact) mass is 289 g/mol. The van der Waals surface area contributed by atoms with Crippen LogP contribution in [0.15, 0.2) is 24.3 Å². The summed E-state index contributed by atoms with van der Waals surface area (Å²) in [6.07, 6.45) is 4.30. The van der Waals surface area contributed by atoms with Gasteiger partial charge in [0.15, 0.2) is 5.82 Å². The van der Waals surface area contributed by atoms with Crippen LogP contribution in [0.2, 0.25) is 0 Å². The molecule has 110 valence electrons. The zero-order valence-corrected chi connectivity index (χ0v) is 11.5. The number of halogens is 1. The summed E-state index contributed by atoms with van der Waals surface area (Å²) in [5.41, 5.74) is 0.694. The fourth-order valence-corrected chi connectivity index (χ4v) is 2.81. The molecule has 0 radical (unpaired) electrons. The van der Waals surface area contributed by atoms with Gasteiger partial charge in [0.25, 0.3) is 0 Å². The van der Waals surface area contributed by atoms with E-state index < -0.39 is 5.97 Å². The molecule has 1 N–H and O–H groups in total. The molecule has 1 aliphatic rings. The van der Waals surface area contributed by atoms with E-state index in [1.54, 1.807) is 12.1 Å². The summed E-state index contributed by atoms with van der Waals surface area (Å²) in [7, 11) is 0. The quantitative estimate of drug-likeness (QED) is 0.939. The number of rotatable bonds is 4. The average molecular weight is 289 g/mol. The molecule has 21 heavy (non-hydrogen) atoms. The van der Waals surface area contributed by atoms with Crippen molar-refractivity contribution in [3.05, 3.63) is 35.9 Å². The molecule has 1 aromatic heterocycles. The fraction of sp³-hybridized carbons (Fsp3) is 0.400. The molecule has 1 aromatic carbocycles. The topological polar surface area (TPSA) is 68.0 Å². The Bertz CT molecular complexity index is 645. The predicted octanol–water partition coefficient (Wildman–Crippen LogP) is 2.83. The molecule has 5 nitrogen and oxygen atoms in total. The van der Waals surface area contributed by atoms with Crippen LogP contribution in [0, 0.1) is 5.82 Å². The lowest BCUT2D eigenvalue weighted by Gasteiger charge is -2.08. The first kappa shape index (κ1) is 13.7. The van der Waals surface area contributed by atoms with Crippen LogP contribution in [0.25, 0.3) is 11.4 Å². The van der Waals surface area contributed by atoms with Gasteiger partial charge in [0.1, 0.15) is 18.2 Å². The third kappa shape index (κ3) is 2.94. The van der Waals surface area contributed by atoms with E-state index >= 15 is 0 Å². The lowest BCUT2D eigenvalue weighted by molar-refractivity contribution is -0.137. The van der Waals surface area contributed by atoms with Gasteiger partial charge in [0.2, 0.25) is 0 Å². The summed E-state index contributed by atoms with van der Waals surface area (Å²) >= 11 is 0. The molecule has 1 fully saturated rings. The van der Waals surface area contributed by atoms with Gasteiger partial charge in [0.05, 0.1) is 0 Å². The van der Waals surface area contributed by atoms with Crippen molar-refractivity contribution in [2.24, 2.45) is 0 Å². The molecule has 1 saturated carbocycles. The maximum Gasteiger partial charge on any atom is 0.325 e. The lowest BCUT2D eigenvalue weighted by atomic mass is 10.1. The van der Waals surface area contributed by atoms with Gasteiger partial charge in [-0.2, -0.15) is 5.10 Å². The summed E-state index contributed by atoms with van der Waals surface area (Å²) in [6.45, 7) is -0.194. The van der Waals surface area contributed by atoms with E-state index in [9.17, 15) is 9.18 Å². The number of aromatic nitrogens is 3. The summed E-state index contributed by atoms with van der Waals surface area (Å²) in [6, 6.07) is 5.91. The summed E-state index contributed by atoms with van der Waals surface area (Å²) < 4.78 is 14.5. The Labute approximate surface area is 121 Å². The third-order valence-electron chi connectivity index (χ3n) is 3.81. The maximum atomic E-state index is 13.0. The van der Waals surface area contributed by atoms with Crippen LogP contribution in [0.3, 0.4) is 0 Å². The molecular weight excluding hydrogens is 273 g/mol. The van der Waals surface area contributed by atoms with Gasteiger partial charge in [-0.25, -0.2) is 14.1 Å². The van der Waals surface area contributed by atoms with Crippen molar-refractivity contribution >= 4 is 5.97 Å². The van der Waals surface area contributed by atoms with Gasteiger partial charge < -0.3 is 5.11 Å². The second-order valence-electron chi connectivity index (χ2n) is 5.33. The largest absolute Gasteiger partial charge is 0.480 e. The number of carboxylic acids is 1. The second-order valence-corrected chi connectivity index (χ2v) is 5.33. The van der Waals surface area contributed by atoms with Crippen molar-refractivity contribution in [2.45, 2.75) is 38.1 Å². The first-order valence-corrected chi connectivity index (χ1v) is 7.06. The van der Waals surface area contributed by atoms with Gasteiger partial charge in [0, 0.05) is 11.5 Å². The Morgan fingerprint density at radius 2 is 1.95 bits per heavy atom. The Kier molecular flexibility index (Phi) is 3.68. The molecule has 0 aliphatic heterocycles. The number of carboxylic acid groups (broad SMARTS) is 1. The molecule has 0 bridgehead atoms. The van der Waals surface area contributed by atoms with E-state index in [2.05, 4.69) is 10.1 Å². The highest BCUT2D eigenvalue weighted by atomic mass is 19.1. The highest BCUT2D eigenvalue weighted by Crippen LogP contribution is 2.34. The predicted molar refractivity (Wildman–Crippen MR) is 74.3 cm³/mol. The minimum Gasteiger partial charge on any atom is -0.480 e. The highest BCUT2D eigenvalue weighted by molar-refractivity contribution is 5.66. The van der Waals surface area contributed by atoms with Crippen LogP contribution in [0.4, 0.5) is 4.39 Å². The van der Waals surface area contributed by atoms with E-state index in [0.29, 0.717) is 11.4 Å². The number of carbonyl (C=O) groups is 1. The molecule has 1 heterocycles. The van der Waals surface area contributed by atoms with Crippen LogP contribution in [-0.2, 0) is 11.3 Å². The van der Waals surface area contributed by atoms with Crippen LogP contribution in [0.5, 0.6) is 0 Å². The Balaban J connectivity index is 1.97. The molecule has 0 unspecified atom stereocenters. The zero-order valence-electron chi connectivity index (χ0n) is 11.5. The van der Waals surface area contributed by atoms with Crippen molar-refractivity contribution in [1.29, 1.82) is 0 Å². The standard InChI is InChI=1S/C15H16FN3O2/c16-12-7-5-10(6-8-12)14-17-15(11-3-1-2-4-11)19(18-14)9-13(20)21/h5-8,11H,1-4,9H2,(H,20,21). The fourth-order valence-electron chi connectivity index (χ4n) is 2.81. The summed E-state index contributed by atoms with van der Waals surface area (Å²) in [4.78, 5) is 15.5. The Morgan fingerprint density at radius 3 is 2.57 bits per heavy atom. The van der Waals surface area contributed by atoms with Gasteiger partial charge in [-0.05, 0) is 37.1 Å². The first-order valence-electron chi connectivity index (χ1n) is 7.06. The smallest absolute Gasteiger partial charge is 0.325 e. The van der Waals surface area contributed by atoms with Crippen LogP contribution in [0.1, 0.15) is 37.4 Å². The molecule has 1 aliphatic carbocycles. The third-order valence-corrected chi connectivity index (χ3v) is 3.81. The van der Waals surface area contributed by atoms with Crippen LogP contribution < -0.4 is 0 Å². The van der Waals surface area contributed by atoms with E-state index in [-0.39, 0.29) is 18.3 Å². The Hall–Kier alpha value is -2.24. The lowest BCUT2D eigenvalue weighted by Crippen LogP contribution is -2.15. The number of benzene rings is 1. The van der Waals surface area contributed by atoms with Crippen molar-refractivity contribution < 1.29 is 14.3 Å². The van der Waals surface area contributed by atoms with Gasteiger partial charge >= 0.3 is 5.97 Å². The molecule has 2 aromatic rings. The maximum absolute atomic E-state index is 13.0. The average Bonchev–Trinajstić information content (AvgIpc) is 3.08. The molecule has 0 saturated heterocycles. The minimum absolute atomic E-state index is 0.194. The van der Waals surface area contributed by atoms with E-state index in [0.717, 1.165) is 31.5 Å². The van der Waals surface area contributed by atoms with Crippen LogP contribution >= 0.6 is 0 Å². The van der Waals surface area contributed by atoms with Crippen molar-refractivity contribution in [2.75, 3.05) is 0 Å². The number of aliphatic carboxylic acids is 1. The van der Waals surface area contributed by atoms with Gasteiger partial charge in [-0.1, -0.05) is 12.8 Å². The number of hydrogen-bond donors (Lipinski definition) is 1. The number of nitrogens with zero attached hydrogens (tertiary/aromatic N) is 3. The van der Waals surface area contributed by atoms with E-state index in [4.69, 9.17) is 5.11 Å². The molecule has 0 spiro atoms. The van der Waals surface area contributed by atoms with Crippen LogP contribution in [-0.4, -0.2) is 25.8 Å². The van der Waals surface area contributed by atoms with Gasteiger partial charge in [-0.15, -0.1) is 0 Å². The Morgan fingerprint density at radius 1 is 1.29 bits per heavy atom. The minimum atomic E-state index is -0.940. The first-order chi connectivity index (χ1) is 10.1.